The summed E-state index contributed by atoms with van der Waals surface area (Å²) in [7, 11) is 4.08. The molecule has 1 aromatic carbocycles. The van der Waals surface area contributed by atoms with Crippen molar-refractivity contribution in [2.45, 2.75) is 160 Å². The first-order chi connectivity index (χ1) is 32.0. The first-order valence-corrected chi connectivity index (χ1v) is 26.1. The van der Waals surface area contributed by atoms with E-state index in [-0.39, 0.29) is 66.3 Å². The third-order valence-electron chi connectivity index (χ3n) is 15.0. The molecule has 17 heteroatoms. The van der Waals surface area contributed by atoms with E-state index in [0.29, 0.717) is 57.2 Å². The molecule has 1 aliphatic carbocycles. The summed E-state index contributed by atoms with van der Waals surface area (Å²) in [4.78, 5) is 87.2. The van der Waals surface area contributed by atoms with Gasteiger partial charge in [0.15, 0.2) is 0 Å². The number of imide groups is 1. The third kappa shape index (κ3) is 13.6. The lowest BCUT2D eigenvalue weighted by Crippen LogP contribution is -2.60. The van der Waals surface area contributed by atoms with Crippen LogP contribution >= 0.6 is 8.03 Å². The Kier molecular flexibility index (Phi) is 20.6. The Labute approximate surface area is 399 Å². The number of unbranched alkanes of at least 4 members (excludes halogenated alkanes) is 3. The molecule has 3 aliphatic heterocycles. The number of nitrogens with zero attached hydrogens (tertiary/aromatic N) is 4. The highest BCUT2D eigenvalue weighted by Crippen LogP contribution is 2.41. The minimum absolute atomic E-state index is 0.000981. The van der Waals surface area contributed by atoms with Crippen molar-refractivity contribution in [2.75, 3.05) is 48.0 Å². The molecule has 3 fully saturated rings. The standard InChI is InChI=1S/C50H79N6O10P/c1-10-33(4)45(54(7)50(62)44(32(2)3)52-49(61)46-36-22-23-37(30-36)53(46)6)39(64-8)31-43(59)55-27-18-21-38(55)47(65-9)34(5)48(60)51-40(29-35-19-14-13-15-20-35)67(63)66-28-17-12-11-16-26-56-41(57)24-25-42(56)58/h13-15,19-20,24-25,32-34,36-40,44-47,67H,10-12,16-18,21-23,26-31H2,1-9H3,(H,51,60)(H,52,61)/t33-,34+,36-,37+,38-,39+,40+,44-,45-,46-,47+/m0/s1. The summed E-state index contributed by atoms with van der Waals surface area (Å²) >= 11 is 0. The van der Waals surface area contributed by atoms with Crippen LogP contribution < -0.4 is 10.6 Å². The van der Waals surface area contributed by atoms with Crippen molar-refractivity contribution >= 4 is 43.5 Å². The summed E-state index contributed by atoms with van der Waals surface area (Å²) in [6, 6.07) is 8.02. The van der Waals surface area contributed by atoms with Crippen molar-refractivity contribution in [1.29, 1.82) is 0 Å². The molecular weight excluding hydrogens is 876 g/mol. The van der Waals surface area contributed by atoms with Crippen LogP contribution in [-0.4, -0.2) is 151 Å². The molecule has 2 N–H and O–H groups in total. The number of rotatable bonds is 27. The monoisotopic (exact) mass is 955 g/mol. The number of amides is 6. The fourth-order valence-electron chi connectivity index (χ4n) is 10.9. The number of ether oxygens (including phenoxy) is 2. The summed E-state index contributed by atoms with van der Waals surface area (Å²) in [5.41, 5.74) is 0.891. The molecule has 1 unspecified atom stereocenters. The fraction of sp³-hybridized carbons (Fsp3) is 0.720. The maximum atomic E-state index is 14.5. The van der Waals surface area contributed by atoms with Gasteiger partial charge in [0.1, 0.15) is 11.8 Å². The molecule has 2 bridgehead atoms. The number of benzene rings is 1. The van der Waals surface area contributed by atoms with Crippen LogP contribution in [0.2, 0.25) is 0 Å². The van der Waals surface area contributed by atoms with Gasteiger partial charge in [0, 0.05) is 59.0 Å². The summed E-state index contributed by atoms with van der Waals surface area (Å²) < 4.78 is 31.7. The molecular formula is C50H79N6O10P. The van der Waals surface area contributed by atoms with Crippen LogP contribution in [0.4, 0.5) is 0 Å². The second-order valence-electron chi connectivity index (χ2n) is 19.7. The van der Waals surface area contributed by atoms with Crippen molar-refractivity contribution < 1.29 is 47.3 Å². The predicted molar refractivity (Wildman–Crippen MR) is 257 cm³/mol. The highest BCUT2D eigenvalue weighted by atomic mass is 31.1. The van der Waals surface area contributed by atoms with Gasteiger partial charge in [0.2, 0.25) is 31.7 Å². The number of hydrogen-bond acceptors (Lipinski definition) is 11. The lowest BCUT2D eigenvalue weighted by atomic mass is 9.89. The molecule has 16 nitrogen and oxygen atoms in total. The van der Waals surface area contributed by atoms with E-state index in [0.717, 1.165) is 44.1 Å². The number of likely N-dealkylation sites (N-methyl/N-ethyl adjacent to an activating group) is 2. The van der Waals surface area contributed by atoms with E-state index < -0.39 is 50.1 Å². The molecule has 5 rings (SSSR count). The van der Waals surface area contributed by atoms with E-state index in [1.165, 1.54) is 24.2 Å². The van der Waals surface area contributed by atoms with E-state index in [2.05, 4.69) is 15.5 Å². The molecule has 0 aromatic heterocycles. The second-order valence-corrected chi connectivity index (χ2v) is 21.3. The number of piperidine rings is 1. The molecule has 12 atom stereocenters. The van der Waals surface area contributed by atoms with Crippen LogP contribution in [0.3, 0.4) is 0 Å². The quantitative estimate of drug-likeness (QED) is 0.0673. The van der Waals surface area contributed by atoms with Crippen LogP contribution in [0.1, 0.15) is 111 Å². The third-order valence-corrected chi connectivity index (χ3v) is 16.4. The number of likely N-dealkylation sites (tertiary alicyclic amines) is 2. The average molecular weight is 955 g/mol. The molecule has 67 heavy (non-hydrogen) atoms. The highest BCUT2D eigenvalue weighted by Gasteiger charge is 2.49. The van der Waals surface area contributed by atoms with E-state index in [1.807, 2.05) is 65.1 Å². The number of methoxy groups -OCH3 is 2. The van der Waals surface area contributed by atoms with Crippen LogP contribution in [0.5, 0.6) is 0 Å². The Morgan fingerprint density at radius 3 is 2.21 bits per heavy atom. The molecule has 6 amide bonds. The van der Waals surface area contributed by atoms with Crippen molar-refractivity contribution in [3.8, 4) is 0 Å². The summed E-state index contributed by atoms with van der Waals surface area (Å²) in [6.45, 7) is 10.8. The zero-order valence-electron chi connectivity index (χ0n) is 41.4. The summed E-state index contributed by atoms with van der Waals surface area (Å²) in [5, 5.41) is 6.16. The molecule has 374 valence electrons. The summed E-state index contributed by atoms with van der Waals surface area (Å²) in [5.74, 6) is -2.86. The minimum Gasteiger partial charge on any atom is -0.379 e. The lowest BCUT2D eigenvalue weighted by molar-refractivity contribution is -0.148. The van der Waals surface area contributed by atoms with Crippen LogP contribution in [0.25, 0.3) is 0 Å². The Hall–Kier alpha value is -3.95. The van der Waals surface area contributed by atoms with E-state index in [1.54, 1.807) is 30.9 Å². The molecule has 0 spiro atoms. The lowest BCUT2D eigenvalue weighted by Gasteiger charge is -2.41. The van der Waals surface area contributed by atoms with Gasteiger partial charge >= 0.3 is 0 Å². The van der Waals surface area contributed by atoms with Crippen LogP contribution in [-0.2, 0) is 53.8 Å². The van der Waals surface area contributed by atoms with E-state index >= 15 is 0 Å². The number of carbonyl (C=O) groups excluding carboxylic acids is 6. The Balaban J connectivity index is 1.20. The van der Waals surface area contributed by atoms with Gasteiger partial charge in [-0.1, -0.05) is 84.2 Å². The minimum atomic E-state index is -2.78. The van der Waals surface area contributed by atoms with Gasteiger partial charge in [-0.15, -0.1) is 0 Å². The average Bonchev–Trinajstić information content (AvgIpc) is 4.13. The van der Waals surface area contributed by atoms with Crippen molar-refractivity contribution in [1.82, 2.24) is 30.2 Å². The maximum Gasteiger partial charge on any atom is 0.253 e. The first kappa shape index (κ1) is 54.0. The number of fused-ring (bicyclic) bond motifs is 2. The van der Waals surface area contributed by atoms with Gasteiger partial charge in [-0.25, -0.2) is 0 Å². The Morgan fingerprint density at radius 1 is 0.910 bits per heavy atom. The van der Waals surface area contributed by atoms with Gasteiger partial charge in [0.25, 0.3) is 11.8 Å². The maximum absolute atomic E-state index is 14.5. The second kappa shape index (κ2) is 25.6. The zero-order chi connectivity index (χ0) is 48.9. The first-order valence-electron chi connectivity index (χ1n) is 24.7. The molecule has 0 radical (unpaired) electrons. The number of carbonyl (C=O) groups is 6. The van der Waals surface area contributed by atoms with Gasteiger partial charge in [0.05, 0.1) is 49.3 Å². The smallest absolute Gasteiger partial charge is 0.253 e. The Morgan fingerprint density at radius 2 is 1.60 bits per heavy atom. The zero-order valence-corrected chi connectivity index (χ0v) is 42.4. The molecule has 2 saturated heterocycles. The van der Waals surface area contributed by atoms with Gasteiger partial charge in [-0.2, -0.15) is 0 Å². The number of hydrogen-bond donors (Lipinski definition) is 2. The fourth-order valence-corrected chi connectivity index (χ4v) is 12.1. The van der Waals surface area contributed by atoms with Gasteiger partial charge in [-0.05, 0) is 75.3 Å². The molecule has 1 aromatic rings. The van der Waals surface area contributed by atoms with Gasteiger partial charge < -0.3 is 34.4 Å². The van der Waals surface area contributed by atoms with Crippen molar-refractivity contribution in [3.63, 3.8) is 0 Å². The molecule has 4 aliphatic rings. The predicted octanol–water partition coefficient (Wildman–Crippen LogP) is 5.19. The molecule has 1 saturated carbocycles. The van der Waals surface area contributed by atoms with Crippen molar-refractivity contribution in [2.24, 2.45) is 23.7 Å². The van der Waals surface area contributed by atoms with Crippen molar-refractivity contribution in [3.05, 3.63) is 48.0 Å². The number of nitrogens with one attached hydrogen (secondary N) is 2. The highest BCUT2D eigenvalue weighted by molar-refractivity contribution is 7.40. The van der Waals surface area contributed by atoms with Crippen LogP contribution in [0, 0.1) is 23.7 Å². The summed E-state index contributed by atoms with van der Waals surface area (Å²) in [6.07, 6.45) is 9.53. The van der Waals surface area contributed by atoms with E-state index in [4.69, 9.17) is 14.0 Å². The van der Waals surface area contributed by atoms with Gasteiger partial charge in [-0.3, -0.25) is 43.1 Å². The SMILES string of the molecule is CC[C@H](C)[C@@H]([C@@H](CC(=O)N1CCC[C@H]1[C@H](OC)[C@@H](C)C(=O)N[C@@H](Cc1ccccc1)[PH](=O)OCCCCCCN1C(=O)C=CC1=O)OC)N(C)C(=O)[C@@H](NC(=O)[C@@H]1[C@H]2CC[C@H](C2)N1C)C(C)C. The van der Waals surface area contributed by atoms with E-state index in [9.17, 15) is 33.3 Å². The largest absolute Gasteiger partial charge is 0.379 e. The topological polar surface area (TPSA) is 184 Å². The molecule has 3 heterocycles. The Bertz CT molecular complexity index is 1880. The normalized spacial score (nSPS) is 24.1. The van der Waals surface area contributed by atoms with Crippen LogP contribution in [0.15, 0.2) is 42.5 Å².